The van der Waals surface area contributed by atoms with Crippen LogP contribution in [0.25, 0.3) is 11.2 Å². The van der Waals surface area contributed by atoms with E-state index in [1.54, 1.807) is 18.1 Å². The van der Waals surface area contributed by atoms with Crippen LogP contribution in [0.4, 0.5) is 0 Å². The van der Waals surface area contributed by atoms with Gasteiger partial charge in [0.1, 0.15) is 10.5 Å². The predicted octanol–water partition coefficient (Wildman–Crippen LogP) is 3.14. The van der Waals surface area contributed by atoms with Crippen LogP contribution in [-0.4, -0.2) is 25.7 Å². The number of rotatable bonds is 4. The van der Waals surface area contributed by atoms with Crippen LogP contribution in [0.5, 0.6) is 0 Å². The second-order valence-electron chi connectivity index (χ2n) is 3.93. The van der Waals surface area contributed by atoms with Gasteiger partial charge in [-0.05, 0) is 29.7 Å². The molecule has 1 N–H and O–H groups in total. The van der Waals surface area contributed by atoms with Crippen molar-refractivity contribution in [3.8, 4) is 0 Å². The first-order valence-electron chi connectivity index (χ1n) is 5.16. The van der Waals surface area contributed by atoms with E-state index >= 15 is 0 Å². The van der Waals surface area contributed by atoms with E-state index in [1.807, 2.05) is 0 Å². The Labute approximate surface area is 103 Å². The molecule has 2 aromatic rings. The molecule has 0 bridgehead atoms. The Hall–Kier alpha value is -0.810. The van der Waals surface area contributed by atoms with Crippen LogP contribution in [0.1, 0.15) is 20.3 Å². The SMILES string of the molecule is CC(C)CCSc1nc(Cl)nc2nc[nH]c12. The molecule has 2 aromatic heterocycles. The van der Waals surface area contributed by atoms with Crippen LogP contribution in [-0.2, 0) is 0 Å². The zero-order valence-corrected chi connectivity index (χ0v) is 10.8. The van der Waals surface area contributed by atoms with Gasteiger partial charge in [0.2, 0.25) is 5.28 Å². The average molecular weight is 257 g/mol. The van der Waals surface area contributed by atoms with E-state index in [4.69, 9.17) is 11.6 Å². The maximum atomic E-state index is 5.83. The van der Waals surface area contributed by atoms with E-state index < -0.39 is 0 Å². The van der Waals surface area contributed by atoms with Crippen LogP contribution in [0.3, 0.4) is 0 Å². The summed E-state index contributed by atoms with van der Waals surface area (Å²) < 4.78 is 0. The van der Waals surface area contributed by atoms with Gasteiger partial charge in [-0.2, -0.15) is 4.98 Å². The molecule has 2 heterocycles. The van der Waals surface area contributed by atoms with Crippen molar-refractivity contribution < 1.29 is 0 Å². The summed E-state index contributed by atoms with van der Waals surface area (Å²) in [5, 5.41) is 1.14. The van der Waals surface area contributed by atoms with Crippen LogP contribution in [0, 0.1) is 5.92 Å². The molecule has 0 aliphatic heterocycles. The number of fused-ring (bicyclic) bond motifs is 1. The molecule has 0 unspecified atom stereocenters. The molecule has 0 spiro atoms. The smallest absolute Gasteiger partial charge is 0.225 e. The van der Waals surface area contributed by atoms with Gasteiger partial charge in [0.15, 0.2) is 5.65 Å². The maximum Gasteiger partial charge on any atom is 0.225 e. The number of aromatic nitrogens is 4. The predicted molar refractivity (Wildman–Crippen MR) is 66.9 cm³/mol. The van der Waals surface area contributed by atoms with Crippen LogP contribution < -0.4 is 0 Å². The number of thioether (sulfide) groups is 1. The van der Waals surface area contributed by atoms with Gasteiger partial charge >= 0.3 is 0 Å². The van der Waals surface area contributed by atoms with E-state index in [0.717, 1.165) is 22.7 Å². The van der Waals surface area contributed by atoms with Crippen molar-refractivity contribution in [1.29, 1.82) is 0 Å². The minimum absolute atomic E-state index is 0.256. The van der Waals surface area contributed by atoms with Gasteiger partial charge in [-0.1, -0.05) is 13.8 Å². The summed E-state index contributed by atoms with van der Waals surface area (Å²) in [5.74, 6) is 1.72. The topological polar surface area (TPSA) is 54.5 Å². The van der Waals surface area contributed by atoms with Crippen molar-refractivity contribution in [3.63, 3.8) is 0 Å². The fraction of sp³-hybridized carbons (Fsp3) is 0.500. The molecule has 0 radical (unpaired) electrons. The molecule has 0 amide bonds. The van der Waals surface area contributed by atoms with Gasteiger partial charge < -0.3 is 4.98 Å². The van der Waals surface area contributed by atoms with Gasteiger partial charge in [-0.3, -0.25) is 0 Å². The molecule has 0 aromatic carbocycles. The van der Waals surface area contributed by atoms with E-state index in [0.29, 0.717) is 11.6 Å². The summed E-state index contributed by atoms with van der Waals surface area (Å²) in [5.41, 5.74) is 1.50. The molecule has 4 nitrogen and oxygen atoms in total. The molecule has 0 aliphatic rings. The molecule has 0 aliphatic carbocycles. The fourth-order valence-electron chi connectivity index (χ4n) is 1.28. The molecule has 86 valence electrons. The largest absolute Gasteiger partial charge is 0.341 e. The third kappa shape index (κ3) is 2.65. The van der Waals surface area contributed by atoms with E-state index in [9.17, 15) is 0 Å². The zero-order chi connectivity index (χ0) is 11.5. The molecular formula is C10H13ClN4S. The highest BCUT2D eigenvalue weighted by Crippen LogP contribution is 2.25. The Bertz CT molecular complexity index is 483. The molecule has 2 rings (SSSR count). The Morgan fingerprint density at radius 2 is 2.25 bits per heavy atom. The fourth-order valence-corrected chi connectivity index (χ4v) is 2.72. The Morgan fingerprint density at radius 3 is 3.00 bits per heavy atom. The normalized spacial score (nSPS) is 11.5. The number of halogens is 1. The van der Waals surface area contributed by atoms with Crippen molar-refractivity contribution in [1.82, 2.24) is 19.9 Å². The third-order valence-corrected chi connectivity index (χ3v) is 3.34. The Balaban J connectivity index is 2.19. The molecule has 0 atom stereocenters. The van der Waals surface area contributed by atoms with Gasteiger partial charge in [0.05, 0.1) is 6.33 Å². The minimum Gasteiger partial charge on any atom is -0.341 e. The zero-order valence-electron chi connectivity index (χ0n) is 9.20. The second kappa shape index (κ2) is 5.01. The first kappa shape index (κ1) is 11.7. The quantitative estimate of drug-likeness (QED) is 0.519. The summed E-state index contributed by atoms with van der Waals surface area (Å²) in [6.45, 7) is 4.42. The third-order valence-electron chi connectivity index (χ3n) is 2.16. The van der Waals surface area contributed by atoms with Crippen LogP contribution in [0.2, 0.25) is 5.28 Å². The maximum absolute atomic E-state index is 5.83. The number of hydrogen-bond donors (Lipinski definition) is 1. The van der Waals surface area contributed by atoms with E-state index in [1.165, 1.54) is 0 Å². The lowest BCUT2D eigenvalue weighted by molar-refractivity contribution is 0.632. The van der Waals surface area contributed by atoms with Crippen molar-refractivity contribution in [2.75, 3.05) is 5.75 Å². The lowest BCUT2D eigenvalue weighted by Gasteiger charge is -2.04. The van der Waals surface area contributed by atoms with Crippen molar-refractivity contribution in [3.05, 3.63) is 11.6 Å². The summed E-state index contributed by atoms with van der Waals surface area (Å²) in [4.78, 5) is 15.4. The van der Waals surface area contributed by atoms with E-state index in [-0.39, 0.29) is 5.28 Å². The first-order valence-corrected chi connectivity index (χ1v) is 6.52. The molecule has 0 fully saturated rings. The number of H-pyrrole nitrogens is 1. The number of imidazole rings is 1. The van der Waals surface area contributed by atoms with Gasteiger partial charge in [-0.15, -0.1) is 11.8 Å². The average Bonchev–Trinajstić information content (AvgIpc) is 2.64. The highest BCUT2D eigenvalue weighted by molar-refractivity contribution is 7.99. The van der Waals surface area contributed by atoms with E-state index in [2.05, 4.69) is 33.8 Å². The monoisotopic (exact) mass is 256 g/mol. The van der Waals surface area contributed by atoms with Gasteiger partial charge in [-0.25, -0.2) is 9.97 Å². The summed E-state index contributed by atoms with van der Waals surface area (Å²) >= 11 is 7.52. The highest BCUT2D eigenvalue weighted by atomic mass is 35.5. The van der Waals surface area contributed by atoms with Gasteiger partial charge in [0.25, 0.3) is 0 Å². The van der Waals surface area contributed by atoms with Crippen molar-refractivity contribution in [2.24, 2.45) is 5.92 Å². The van der Waals surface area contributed by atoms with Crippen molar-refractivity contribution in [2.45, 2.75) is 25.3 Å². The summed E-state index contributed by atoms with van der Waals surface area (Å²) in [6.07, 6.45) is 2.77. The molecular weight excluding hydrogens is 244 g/mol. The number of hydrogen-bond acceptors (Lipinski definition) is 4. The van der Waals surface area contributed by atoms with Crippen LogP contribution in [0.15, 0.2) is 11.4 Å². The number of nitrogens with one attached hydrogen (secondary N) is 1. The Kier molecular flexibility index (Phi) is 3.66. The first-order chi connectivity index (χ1) is 7.66. The number of nitrogens with zero attached hydrogens (tertiary/aromatic N) is 3. The second-order valence-corrected chi connectivity index (χ2v) is 5.35. The molecule has 6 heteroatoms. The molecule has 0 saturated heterocycles. The van der Waals surface area contributed by atoms with Crippen molar-refractivity contribution >= 4 is 34.5 Å². The summed E-state index contributed by atoms with van der Waals surface area (Å²) in [6, 6.07) is 0. The highest BCUT2D eigenvalue weighted by Gasteiger charge is 2.09. The molecule has 16 heavy (non-hydrogen) atoms. The number of aromatic amines is 1. The minimum atomic E-state index is 0.256. The van der Waals surface area contributed by atoms with Gasteiger partial charge in [0, 0.05) is 0 Å². The lowest BCUT2D eigenvalue weighted by atomic mass is 10.2. The molecule has 0 saturated carbocycles. The standard InChI is InChI=1S/C10H13ClN4S/c1-6(2)3-4-16-9-7-8(13-5-12-7)14-10(11)15-9/h5-6H,3-4H2,1-2H3,(H,12,13,14,15). The Morgan fingerprint density at radius 1 is 1.44 bits per heavy atom. The summed E-state index contributed by atoms with van der Waals surface area (Å²) in [7, 11) is 0. The van der Waals surface area contributed by atoms with Crippen LogP contribution >= 0.6 is 23.4 Å². The lowest BCUT2D eigenvalue weighted by Crippen LogP contribution is -1.93.